The zero-order valence-electron chi connectivity index (χ0n) is 25.5. The molecule has 1 aliphatic rings. The van der Waals surface area contributed by atoms with Crippen molar-refractivity contribution in [2.45, 2.75) is 135 Å². The Labute approximate surface area is 257 Å². The van der Waals surface area contributed by atoms with E-state index in [9.17, 15) is 9.18 Å². The number of ether oxygens (including phenoxy) is 2. The Bertz CT molecular complexity index is 1000. The molecule has 2 aromatic carbocycles. The first-order valence-electron chi connectivity index (χ1n) is 16.4. The van der Waals surface area contributed by atoms with Crippen LogP contribution in [-0.2, 0) is 16.0 Å². The minimum Gasteiger partial charge on any atom is -0.492 e. The van der Waals surface area contributed by atoms with Crippen LogP contribution in [0.25, 0.3) is 11.1 Å². The van der Waals surface area contributed by atoms with E-state index in [1.807, 2.05) is 6.92 Å². The molecule has 0 bridgehead atoms. The molecule has 5 heteroatoms. The van der Waals surface area contributed by atoms with Crippen LogP contribution in [0, 0.1) is 5.92 Å². The van der Waals surface area contributed by atoms with Gasteiger partial charge in [0.15, 0.2) is 6.17 Å². The summed E-state index contributed by atoms with van der Waals surface area (Å²) in [6, 6.07) is 15.3. The van der Waals surface area contributed by atoms with Crippen LogP contribution in [0.15, 0.2) is 46.9 Å². The number of halogens is 2. The van der Waals surface area contributed by atoms with E-state index in [-0.39, 0.29) is 12.5 Å². The van der Waals surface area contributed by atoms with Gasteiger partial charge in [-0.1, -0.05) is 102 Å². The molecule has 3 nitrogen and oxygen atoms in total. The molecule has 228 valence electrons. The van der Waals surface area contributed by atoms with Gasteiger partial charge in [0.1, 0.15) is 11.9 Å². The Balaban J connectivity index is 1.34. The van der Waals surface area contributed by atoms with Crippen LogP contribution >= 0.6 is 15.9 Å². The second-order valence-corrected chi connectivity index (χ2v) is 12.7. The summed E-state index contributed by atoms with van der Waals surface area (Å²) >= 11 is 3.71. The fourth-order valence-electron chi connectivity index (χ4n) is 5.73. The van der Waals surface area contributed by atoms with Crippen molar-refractivity contribution in [3.8, 4) is 16.9 Å². The van der Waals surface area contributed by atoms with E-state index in [4.69, 9.17) is 9.47 Å². The van der Waals surface area contributed by atoms with E-state index in [2.05, 4.69) is 65.3 Å². The minimum atomic E-state index is -1.47. The molecule has 1 saturated carbocycles. The van der Waals surface area contributed by atoms with Crippen LogP contribution in [0.3, 0.4) is 0 Å². The summed E-state index contributed by atoms with van der Waals surface area (Å²) in [6.45, 7) is 5.03. The molecule has 0 radical (unpaired) electrons. The molecule has 0 N–H and O–H groups in total. The molecule has 41 heavy (non-hydrogen) atoms. The number of hydrogen-bond donors (Lipinski definition) is 0. The highest BCUT2D eigenvalue weighted by molar-refractivity contribution is 9.10. The average molecular weight is 632 g/mol. The number of alkyl halides is 1. The summed E-state index contributed by atoms with van der Waals surface area (Å²) in [5.41, 5.74) is 3.74. The number of esters is 1. The Kier molecular flexibility index (Phi) is 15.9. The Morgan fingerprint density at radius 2 is 1.49 bits per heavy atom. The lowest BCUT2D eigenvalue weighted by molar-refractivity contribution is -0.157. The molecule has 0 saturated heterocycles. The Morgan fingerprint density at radius 3 is 2.15 bits per heavy atom. The highest BCUT2D eigenvalue weighted by Gasteiger charge is 2.27. The number of carbonyl (C=O) groups excluding carboxylic acids is 1. The summed E-state index contributed by atoms with van der Waals surface area (Å²) in [4.78, 5) is 12.0. The predicted octanol–water partition coefficient (Wildman–Crippen LogP) is 11.2. The van der Waals surface area contributed by atoms with Crippen molar-refractivity contribution >= 4 is 21.9 Å². The first-order chi connectivity index (χ1) is 20.0. The summed E-state index contributed by atoms with van der Waals surface area (Å²) < 4.78 is 26.4. The van der Waals surface area contributed by atoms with E-state index < -0.39 is 12.1 Å². The zero-order chi connectivity index (χ0) is 29.3. The SMILES string of the molecule is CCCCCCCCCCOc1ccc(-c2ccc(CC[C@H]3CC[C@H](OC(=O)[C@@H](F)CCCC)CC3)cc2)cc1Br. The smallest absolute Gasteiger partial charge is 0.340 e. The third-order valence-electron chi connectivity index (χ3n) is 8.46. The molecule has 0 spiro atoms. The fourth-order valence-corrected chi connectivity index (χ4v) is 6.22. The second-order valence-electron chi connectivity index (χ2n) is 11.9. The number of aryl methyl sites for hydroxylation is 1. The summed E-state index contributed by atoms with van der Waals surface area (Å²) in [7, 11) is 0. The van der Waals surface area contributed by atoms with Gasteiger partial charge in [-0.05, 0) is 102 Å². The lowest BCUT2D eigenvalue weighted by atomic mass is 9.83. The predicted molar refractivity (Wildman–Crippen MR) is 172 cm³/mol. The number of carbonyl (C=O) groups is 1. The molecule has 3 rings (SSSR count). The van der Waals surface area contributed by atoms with Crippen LogP contribution in [0.2, 0.25) is 0 Å². The van der Waals surface area contributed by atoms with Crippen molar-refractivity contribution in [2.75, 3.05) is 6.61 Å². The van der Waals surface area contributed by atoms with Gasteiger partial charge in [0.2, 0.25) is 0 Å². The third kappa shape index (κ3) is 12.5. The minimum absolute atomic E-state index is 0.112. The maximum absolute atomic E-state index is 13.9. The van der Waals surface area contributed by atoms with Gasteiger partial charge in [0.25, 0.3) is 0 Å². The van der Waals surface area contributed by atoms with Crippen molar-refractivity contribution < 1.29 is 18.7 Å². The number of unbranched alkanes of at least 4 members (excludes halogenated alkanes) is 8. The van der Waals surface area contributed by atoms with E-state index in [1.165, 1.54) is 61.6 Å². The summed E-state index contributed by atoms with van der Waals surface area (Å²) in [6.07, 6.45) is 16.7. The Morgan fingerprint density at radius 1 is 0.854 bits per heavy atom. The lowest BCUT2D eigenvalue weighted by Crippen LogP contribution is -2.29. The molecule has 0 aliphatic heterocycles. The van der Waals surface area contributed by atoms with E-state index in [0.29, 0.717) is 5.92 Å². The molecule has 2 aromatic rings. The highest BCUT2D eigenvalue weighted by atomic mass is 79.9. The molecule has 1 fully saturated rings. The standard InChI is InChI=1S/C36H52BrFO3/c1-3-5-7-8-9-10-11-12-26-40-35-25-22-31(27-33(35)37)30-20-16-28(17-21-30)14-15-29-18-23-32(24-19-29)41-36(39)34(38)13-6-4-2/h16-17,20-22,25,27,29,32,34H,3-15,18-19,23-24,26H2,1-2H3/t29-,32-,34-/m0/s1. The molecular formula is C36H52BrFO3. The van der Waals surface area contributed by atoms with E-state index >= 15 is 0 Å². The number of benzene rings is 2. The first kappa shape index (κ1) is 33.6. The second kappa shape index (κ2) is 19.3. The van der Waals surface area contributed by atoms with Crippen LogP contribution in [0.5, 0.6) is 5.75 Å². The largest absolute Gasteiger partial charge is 0.492 e. The molecular weight excluding hydrogens is 579 g/mol. The van der Waals surface area contributed by atoms with Gasteiger partial charge in [-0.15, -0.1) is 0 Å². The van der Waals surface area contributed by atoms with Gasteiger partial charge in [0.05, 0.1) is 11.1 Å². The van der Waals surface area contributed by atoms with E-state index in [0.717, 1.165) is 74.6 Å². The van der Waals surface area contributed by atoms with E-state index in [1.54, 1.807) is 0 Å². The van der Waals surface area contributed by atoms with Gasteiger partial charge >= 0.3 is 5.97 Å². The first-order valence-corrected chi connectivity index (χ1v) is 17.2. The van der Waals surface area contributed by atoms with Crippen LogP contribution < -0.4 is 4.74 Å². The molecule has 1 aliphatic carbocycles. The number of rotatable bonds is 19. The quantitative estimate of drug-likeness (QED) is 0.114. The Hall–Kier alpha value is -1.88. The van der Waals surface area contributed by atoms with Crippen LogP contribution in [-0.4, -0.2) is 24.9 Å². The molecule has 1 atom stereocenters. The highest BCUT2D eigenvalue weighted by Crippen LogP contribution is 2.33. The van der Waals surface area contributed by atoms with Crippen molar-refractivity contribution in [3.63, 3.8) is 0 Å². The van der Waals surface area contributed by atoms with Gasteiger partial charge < -0.3 is 9.47 Å². The molecule has 0 heterocycles. The summed E-state index contributed by atoms with van der Waals surface area (Å²) in [5.74, 6) is 0.897. The van der Waals surface area contributed by atoms with Crippen molar-refractivity contribution in [1.82, 2.24) is 0 Å². The van der Waals surface area contributed by atoms with Gasteiger partial charge in [-0.3, -0.25) is 0 Å². The molecule has 0 aromatic heterocycles. The van der Waals surface area contributed by atoms with Crippen LogP contribution in [0.4, 0.5) is 4.39 Å². The number of hydrogen-bond acceptors (Lipinski definition) is 3. The maximum atomic E-state index is 13.9. The third-order valence-corrected chi connectivity index (χ3v) is 9.08. The summed E-state index contributed by atoms with van der Waals surface area (Å²) in [5, 5.41) is 0. The van der Waals surface area contributed by atoms with Crippen molar-refractivity contribution in [1.29, 1.82) is 0 Å². The van der Waals surface area contributed by atoms with Crippen LogP contribution in [0.1, 0.15) is 122 Å². The lowest BCUT2D eigenvalue weighted by Gasteiger charge is -2.28. The van der Waals surface area contributed by atoms with Gasteiger partial charge in [0, 0.05) is 0 Å². The maximum Gasteiger partial charge on any atom is 0.340 e. The fraction of sp³-hybridized carbons (Fsp3) is 0.639. The van der Waals surface area contributed by atoms with Gasteiger partial charge in [-0.2, -0.15) is 0 Å². The van der Waals surface area contributed by atoms with Gasteiger partial charge in [-0.25, -0.2) is 9.18 Å². The zero-order valence-corrected chi connectivity index (χ0v) is 27.1. The normalized spacial score (nSPS) is 17.8. The van der Waals surface area contributed by atoms with Crippen molar-refractivity contribution in [3.05, 3.63) is 52.5 Å². The monoisotopic (exact) mass is 630 g/mol. The molecule has 0 unspecified atom stereocenters. The topological polar surface area (TPSA) is 35.5 Å². The average Bonchev–Trinajstić information content (AvgIpc) is 2.99. The molecule has 0 amide bonds. The van der Waals surface area contributed by atoms with Crippen molar-refractivity contribution in [2.24, 2.45) is 5.92 Å².